The molecule has 0 aromatic heterocycles. The van der Waals surface area contributed by atoms with E-state index >= 15 is 4.79 Å². The first-order chi connectivity index (χ1) is 27.0. The molecule has 4 aliphatic carbocycles. The van der Waals surface area contributed by atoms with Crippen molar-refractivity contribution in [3.63, 3.8) is 0 Å². The highest BCUT2D eigenvalue weighted by atomic mass is 16.5. The monoisotopic (exact) mass is 779 g/mol. The lowest BCUT2D eigenvalue weighted by Gasteiger charge is -2.52. The fourth-order valence-corrected chi connectivity index (χ4v) is 14.7. The summed E-state index contributed by atoms with van der Waals surface area (Å²) in [5.74, 6) is 0.230. The molecule has 0 spiro atoms. The minimum absolute atomic E-state index is 0.0198. The smallest absolute Gasteiger partial charge is 0.327 e. The van der Waals surface area contributed by atoms with Crippen LogP contribution in [0.4, 0.5) is 0 Å². The maximum absolute atomic E-state index is 15.2. The van der Waals surface area contributed by atoms with Crippen LogP contribution in [0.3, 0.4) is 0 Å². The number of hydrogen-bond acceptors (Lipinski definition) is 8. The number of aliphatic hydroxyl groups excluding tert-OH is 3. The molecule has 9 heteroatoms. The Labute approximate surface area is 336 Å². The van der Waals surface area contributed by atoms with Gasteiger partial charge in [-0.3, -0.25) is 19.4 Å². The van der Waals surface area contributed by atoms with Gasteiger partial charge in [0, 0.05) is 36.0 Å². The topological polar surface area (TPSA) is 131 Å². The number of carboxylic acids is 1. The molecule has 0 aromatic carbocycles. The Bertz CT molecular complexity index is 1460. The molecule has 4 saturated heterocycles. The second kappa shape index (κ2) is 16.7. The molecule has 8 aliphatic rings. The highest BCUT2D eigenvalue weighted by molar-refractivity contribution is 5.82. The van der Waals surface area contributed by atoms with E-state index in [9.17, 15) is 25.2 Å². The van der Waals surface area contributed by atoms with Gasteiger partial charge >= 0.3 is 11.9 Å². The van der Waals surface area contributed by atoms with Crippen molar-refractivity contribution in [3.8, 4) is 0 Å². The highest BCUT2D eigenvalue weighted by Gasteiger charge is 2.65. The molecule has 4 heterocycles. The summed E-state index contributed by atoms with van der Waals surface area (Å²) in [6, 6.07) is 0.740. The summed E-state index contributed by atoms with van der Waals surface area (Å²) in [7, 11) is 0. The van der Waals surface area contributed by atoms with Gasteiger partial charge < -0.3 is 25.2 Å². The summed E-state index contributed by atoms with van der Waals surface area (Å²) in [5.41, 5.74) is -1.50. The van der Waals surface area contributed by atoms with Crippen molar-refractivity contribution in [3.05, 3.63) is 24.3 Å². The molecule has 56 heavy (non-hydrogen) atoms. The normalized spacial score (nSPS) is 43.6. The highest BCUT2D eigenvalue weighted by Crippen LogP contribution is 2.58. The largest absolute Gasteiger partial charge is 0.480 e. The number of esters is 1. The first kappa shape index (κ1) is 41.0. The van der Waals surface area contributed by atoms with Crippen molar-refractivity contribution >= 4 is 11.9 Å². The van der Waals surface area contributed by atoms with Gasteiger partial charge in [-0.1, -0.05) is 77.5 Å². The van der Waals surface area contributed by atoms with Crippen LogP contribution >= 0.6 is 0 Å². The van der Waals surface area contributed by atoms with Crippen LogP contribution in [-0.2, 0) is 14.3 Å². The third-order valence-corrected chi connectivity index (χ3v) is 17.5. The molecule has 0 aromatic rings. The number of nitrogens with zero attached hydrogens (tertiary/aromatic N) is 2. The molecular weight excluding hydrogens is 705 g/mol. The zero-order valence-corrected chi connectivity index (χ0v) is 34.7. The maximum Gasteiger partial charge on any atom is 0.327 e. The summed E-state index contributed by atoms with van der Waals surface area (Å²) < 4.78 is 6.76. The first-order valence-electron chi connectivity index (χ1n) is 23.5. The van der Waals surface area contributed by atoms with E-state index in [1.54, 1.807) is 0 Å². The quantitative estimate of drug-likeness (QED) is 0.112. The summed E-state index contributed by atoms with van der Waals surface area (Å²) >= 11 is 0. The maximum atomic E-state index is 15.2. The van der Waals surface area contributed by atoms with Gasteiger partial charge in [0.25, 0.3) is 0 Å². The molecule has 9 nitrogen and oxygen atoms in total. The predicted molar refractivity (Wildman–Crippen MR) is 217 cm³/mol. The number of fused-ring (bicyclic) bond motifs is 6. The van der Waals surface area contributed by atoms with Gasteiger partial charge in [0.1, 0.15) is 17.2 Å². The molecule has 4 aliphatic heterocycles. The van der Waals surface area contributed by atoms with Crippen molar-refractivity contribution in [2.24, 2.45) is 41.4 Å². The number of aliphatic carboxylic acids is 1. The molecule has 8 rings (SSSR count). The van der Waals surface area contributed by atoms with Crippen LogP contribution in [-0.4, -0.2) is 102 Å². The SMILES string of the molecule is CCC[C@H](/C=C/[C@@H]1[C@H]2CC3CCCC(C(=O)O)(C4CCCC4)N3[C@@H]2C[C@H]1O)OC(=O)C1(C2CCCC2)CCCC2C[C@H]3C(CC(O)[C@@H]3/C=C/C(O)C(C)CC)N21. The van der Waals surface area contributed by atoms with Crippen LogP contribution in [0.25, 0.3) is 0 Å². The molecule has 4 N–H and O–H groups in total. The van der Waals surface area contributed by atoms with Crippen LogP contribution in [0.15, 0.2) is 24.3 Å². The molecular formula is C47H74N2O7. The molecule has 8 unspecified atom stereocenters. The molecule has 0 amide bonds. The van der Waals surface area contributed by atoms with Crippen LogP contribution in [0.5, 0.6) is 0 Å². The van der Waals surface area contributed by atoms with Gasteiger partial charge in [-0.15, -0.1) is 0 Å². The van der Waals surface area contributed by atoms with Crippen LogP contribution in [0.1, 0.15) is 156 Å². The fraction of sp³-hybridized carbons (Fsp3) is 0.872. The fourth-order valence-electron chi connectivity index (χ4n) is 14.7. The van der Waals surface area contributed by atoms with Crippen LogP contribution in [0, 0.1) is 41.4 Å². The van der Waals surface area contributed by atoms with Crippen molar-refractivity contribution in [2.45, 2.75) is 215 Å². The molecule has 4 saturated carbocycles. The Hall–Kier alpha value is -1.78. The van der Waals surface area contributed by atoms with Gasteiger partial charge in [0.2, 0.25) is 0 Å². The van der Waals surface area contributed by atoms with Crippen molar-refractivity contribution in [1.82, 2.24) is 9.80 Å². The molecule has 314 valence electrons. The second-order valence-electron chi connectivity index (χ2n) is 20.1. The summed E-state index contributed by atoms with van der Waals surface area (Å²) in [6.07, 6.45) is 26.1. The number of aliphatic hydroxyl groups is 3. The average Bonchev–Trinajstić information content (AvgIpc) is 4.04. The predicted octanol–water partition coefficient (Wildman–Crippen LogP) is 7.41. The summed E-state index contributed by atoms with van der Waals surface area (Å²) in [6.45, 7) is 6.29. The lowest BCUT2D eigenvalue weighted by molar-refractivity contribution is -0.175. The van der Waals surface area contributed by atoms with Crippen molar-refractivity contribution in [2.75, 3.05) is 0 Å². The Morgan fingerprint density at radius 2 is 1.23 bits per heavy atom. The summed E-state index contributed by atoms with van der Waals surface area (Å²) in [4.78, 5) is 33.4. The minimum atomic E-state index is -0.807. The Morgan fingerprint density at radius 3 is 1.75 bits per heavy atom. The number of ether oxygens (including phenoxy) is 1. The standard InChI is InChI=1S/C47H74N2O7/c1-4-12-34(19-20-35-37-25-32-17-10-23-46(44(53)54,30-13-6-7-14-30)48(32)39(37)27-42(35)51)56-45(55)47(31-15-8-9-16-31)24-11-18-33-26-38-36(21-22-41(50)29(3)5-2)43(52)28-40(38)49(33)47/h19-22,29-43,50-52H,4-18,23-28H2,1-3H3,(H,53,54)/b20-19+,22-21+/t29?,32?,33?,34-,35-,36-,37-,38-,39-,40?,41?,42-,43?,46?,47?/m1/s1. The third kappa shape index (κ3) is 6.87. The number of rotatable bonds is 13. The van der Waals surface area contributed by atoms with Crippen LogP contribution < -0.4 is 0 Å². The van der Waals surface area contributed by atoms with Gasteiger partial charge in [0.15, 0.2) is 0 Å². The second-order valence-corrected chi connectivity index (χ2v) is 20.1. The van der Waals surface area contributed by atoms with E-state index in [0.29, 0.717) is 18.9 Å². The lowest BCUT2D eigenvalue weighted by Crippen LogP contribution is -2.65. The number of piperidine rings is 2. The van der Waals surface area contributed by atoms with E-state index in [0.717, 1.165) is 122 Å². The number of carbonyl (C=O) groups is 2. The van der Waals surface area contributed by atoms with E-state index in [1.165, 1.54) is 0 Å². The van der Waals surface area contributed by atoms with E-state index in [4.69, 9.17) is 4.74 Å². The van der Waals surface area contributed by atoms with Gasteiger partial charge in [-0.05, 0) is 132 Å². The first-order valence-corrected chi connectivity index (χ1v) is 23.5. The van der Waals surface area contributed by atoms with Crippen molar-refractivity contribution in [1.29, 1.82) is 0 Å². The number of carboxylic acid groups (broad SMARTS) is 1. The Kier molecular flexibility index (Phi) is 12.2. The minimum Gasteiger partial charge on any atom is -0.480 e. The Balaban J connectivity index is 1.02. The molecule has 15 atom stereocenters. The van der Waals surface area contributed by atoms with E-state index < -0.39 is 35.4 Å². The third-order valence-electron chi connectivity index (χ3n) is 17.5. The van der Waals surface area contributed by atoms with E-state index in [1.807, 2.05) is 6.08 Å². The molecule has 8 fully saturated rings. The van der Waals surface area contributed by atoms with Crippen molar-refractivity contribution < 1.29 is 34.8 Å². The van der Waals surface area contributed by atoms with E-state index in [2.05, 4.69) is 48.8 Å². The lowest BCUT2D eigenvalue weighted by atomic mass is 9.73. The Morgan fingerprint density at radius 1 is 0.732 bits per heavy atom. The zero-order valence-electron chi connectivity index (χ0n) is 34.7. The van der Waals surface area contributed by atoms with Crippen LogP contribution in [0.2, 0.25) is 0 Å². The zero-order chi connectivity index (χ0) is 39.4. The number of hydrogen-bond donors (Lipinski definition) is 4. The average molecular weight is 779 g/mol. The van der Waals surface area contributed by atoms with Gasteiger partial charge in [-0.25, -0.2) is 0 Å². The van der Waals surface area contributed by atoms with E-state index in [-0.39, 0.29) is 71.6 Å². The summed E-state index contributed by atoms with van der Waals surface area (Å²) in [5, 5.41) is 44.8. The number of carbonyl (C=O) groups excluding carboxylic acids is 1. The molecule has 0 bridgehead atoms. The van der Waals surface area contributed by atoms with Gasteiger partial charge in [-0.2, -0.15) is 0 Å². The molecule has 0 radical (unpaired) electrons. The van der Waals surface area contributed by atoms with Gasteiger partial charge in [0.05, 0.1) is 18.3 Å².